The van der Waals surface area contributed by atoms with Crippen molar-refractivity contribution in [1.82, 2.24) is 9.78 Å². The van der Waals surface area contributed by atoms with Gasteiger partial charge < -0.3 is 14.8 Å². The van der Waals surface area contributed by atoms with Gasteiger partial charge in [-0.2, -0.15) is 5.10 Å². The quantitative estimate of drug-likeness (QED) is 0.922. The lowest BCUT2D eigenvalue weighted by atomic mass is 10.3. The summed E-state index contributed by atoms with van der Waals surface area (Å²) in [5.74, 6) is -0.560. The van der Waals surface area contributed by atoms with Gasteiger partial charge in [-0.15, -0.1) is 0 Å². The Kier molecular flexibility index (Phi) is 4.36. The molecule has 0 aromatic carbocycles. The van der Waals surface area contributed by atoms with Crippen molar-refractivity contribution < 1.29 is 9.47 Å². The predicted molar refractivity (Wildman–Crippen MR) is 77.3 cm³/mol. The van der Waals surface area contributed by atoms with Crippen LogP contribution in [0.2, 0.25) is 5.02 Å². The summed E-state index contributed by atoms with van der Waals surface area (Å²) in [6.45, 7) is 8.51. The van der Waals surface area contributed by atoms with Gasteiger partial charge in [0.15, 0.2) is 5.79 Å². The second-order valence-electron chi connectivity index (χ2n) is 5.55. The summed E-state index contributed by atoms with van der Waals surface area (Å²) in [4.78, 5) is 12.0. The molecule has 1 fully saturated rings. The van der Waals surface area contributed by atoms with Crippen molar-refractivity contribution in [2.75, 3.05) is 18.5 Å². The number of aromatic nitrogens is 2. The first-order valence-electron chi connectivity index (χ1n) is 6.63. The van der Waals surface area contributed by atoms with Crippen LogP contribution in [0.3, 0.4) is 0 Å². The summed E-state index contributed by atoms with van der Waals surface area (Å²) in [5.41, 5.74) is 0.220. The van der Waals surface area contributed by atoms with Crippen molar-refractivity contribution in [2.24, 2.45) is 0 Å². The number of anilines is 1. The molecule has 6 nitrogen and oxygen atoms in total. The number of nitrogens with one attached hydrogen (secondary N) is 1. The zero-order chi connectivity index (χ0) is 14.9. The fourth-order valence-corrected chi connectivity index (χ4v) is 2.23. The second-order valence-corrected chi connectivity index (χ2v) is 5.93. The van der Waals surface area contributed by atoms with Crippen molar-refractivity contribution in [3.8, 4) is 0 Å². The molecule has 20 heavy (non-hydrogen) atoms. The minimum absolute atomic E-state index is 0.0265. The van der Waals surface area contributed by atoms with E-state index >= 15 is 0 Å². The summed E-state index contributed by atoms with van der Waals surface area (Å²) >= 11 is 6.08. The topological polar surface area (TPSA) is 65.4 Å². The molecule has 0 amide bonds. The molecule has 2 rings (SSSR count). The van der Waals surface area contributed by atoms with Crippen LogP contribution in [0.4, 0.5) is 5.69 Å². The Morgan fingerprint density at radius 2 is 2.30 bits per heavy atom. The largest absolute Gasteiger partial charge is 0.380 e. The summed E-state index contributed by atoms with van der Waals surface area (Å²) in [7, 11) is 0. The van der Waals surface area contributed by atoms with E-state index in [4.69, 9.17) is 21.1 Å². The van der Waals surface area contributed by atoms with Crippen molar-refractivity contribution >= 4 is 17.3 Å². The highest BCUT2D eigenvalue weighted by molar-refractivity contribution is 6.32. The maximum Gasteiger partial charge on any atom is 0.287 e. The summed E-state index contributed by atoms with van der Waals surface area (Å²) < 4.78 is 12.5. The number of rotatable bonds is 4. The van der Waals surface area contributed by atoms with Crippen molar-refractivity contribution in [3.63, 3.8) is 0 Å². The lowest BCUT2D eigenvalue weighted by Gasteiger charge is -2.18. The number of ether oxygens (including phenoxy) is 2. The monoisotopic (exact) mass is 301 g/mol. The smallest absolute Gasteiger partial charge is 0.287 e. The first-order chi connectivity index (χ1) is 9.30. The van der Waals surface area contributed by atoms with Gasteiger partial charge in [-0.05, 0) is 27.7 Å². The van der Waals surface area contributed by atoms with Crippen LogP contribution in [0, 0.1) is 0 Å². The van der Waals surface area contributed by atoms with Crippen molar-refractivity contribution in [3.05, 3.63) is 21.6 Å². The SMILES string of the molecule is CC(C)n1ncc(NCC2COC(C)(C)O2)c(Cl)c1=O. The first kappa shape index (κ1) is 15.3. The van der Waals surface area contributed by atoms with Crippen molar-refractivity contribution in [2.45, 2.75) is 45.6 Å². The third-order valence-corrected chi connectivity index (χ3v) is 3.39. The second kappa shape index (κ2) is 5.71. The van der Waals surface area contributed by atoms with Gasteiger partial charge in [0.05, 0.1) is 24.5 Å². The van der Waals surface area contributed by atoms with Gasteiger partial charge in [-0.1, -0.05) is 11.6 Å². The predicted octanol–water partition coefficient (Wildman–Crippen LogP) is 2.04. The maximum absolute atomic E-state index is 12.0. The van der Waals surface area contributed by atoms with Crippen LogP contribution in [-0.2, 0) is 9.47 Å². The summed E-state index contributed by atoms with van der Waals surface area (Å²) in [6, 6.07) is -0.0265. The lowest BCUT2D eigenvalue weighted by Crippen LogP contribution is -2.28. The fourth-order valence-electron chi connectivity index (χ4n) is 2.02. The molecular weight excluding hydrogens is 282 g/mol. The van der Waals surface area contributed by atoms with Crippen LogP contribution in [0.25, 0.3) is 0 Å². The van der Waals surface area contributed by atoms with E-state index in [2.05, 4.69) is 10.4 Å². The molecule has 1 unspecified atom stereocenters. The van der Waals surface area contributed by atoms with E-state index in [9.17, 15) is 4.79 Å². The molecule has 0 radical (unpaired) electrons. The molecule has 1 aromatic heterocycles. The highest BCUT2D eigenvalue weighted by Gasteiger charge is 2.32. The van der Waals surface area contributed by atoms with Crippen LogP contribution in [0.5, 0.6) is 0 Å². The average Bonchev–Trinajstić information content (AvgIpc) is 2.70. The molecule has 1 saturated heterocycles. The Morgan fingerprint density at radius 1 is 1.60 bits per heavy atom. The Labute approximate surface area is 123 Å². The molecule has 112 valence electrons. The van der Waals surface area contributed by atoms with Crippen LogP contribution in [0.1, 0.15) is 33.7 Å². The zero-order valence-electron chi connectivity index (χ0n) is 12.1. The fraction of sp³-hybridized carbons (Fsp3) is 0.692. The number of nitrogens with zero attached hydrogens (tertiary/aromatic N) is 2. The van der Waals surface area contributed by atoms with Crippen LogP contribution < -0.4 is 10.9 Å². The summed E-state index contributed by atoms with van der Waals surface area (Å²) in [5, 5.41) is 7.33. The minimum atomic E-state index is -0.560. The maximum atomic E-state index is 12.0. The average molecular weight is 302 g/mol. The normalized spacial score (nSPS) is 21.4. The Bertz CT molecular complexity index is 542. The molecule has 1 atom stereocenters. The lowest BCUT2D eigenvalue weighted by molar-refractivity contribution is -0.136. The Hall–Kier alpha value is -1.11. The molecule has 0 bridgehead atoms. The van der Waals surface area contributed by atoms with Gasteiger partial charge in [0.2, 0.25) is 0 Å². The number of hydrogen-bond acceptors (Lipinski definition) is 5. The number of halogens is 1. The molecule has 0 saturated carbocycles. The van der Waals surface area contributed by atoms with Crippen molar-refractivity contribution in [1.29, 1.82) is 0 Å². The van der Waals surface area contributed by atoms with E-state index in [1.165, 1.54) is 4.68 Å². The summed E-state index contributed by atoms with van der Waals surface area (Å²) in [6.07, 6.45) is 1.48. The molecule has 2 heterocycles. The minimum Gasteiger partial charge on any atom is -0.380 e. The van der Waals surface area contributed by atoms with E-state index in [0.29, 0.717) is 18.8 Å². The number of hydrogen-bond donors (Lipinski definition) is 1. The van der Waals surface area contributed by atoms with Gasteiger partial charge in [-0.3, -0.25) is 4.79 Å². The molecule has 0 aliphatic carbocycles. The third-order valence-electron chi connectivity index (χ3n) is 3.02. The van der Waals surface area contributed by atoms with E-state index in [-0.39, 0.29) is 22.7 Å². The highest BCUT2D eigenvalue weighted by atomic mass is 35.5. The zero-order valence-corrected chi connectivity index (χ0v) is 12.9. The van der Waals surface area contributed by atoms with Crippen LogP contribution in [0.15, 0.2) is 11.0 Å². The van der Waals surface area contributed by atoms with Gasteiger partial charge in [0.1, 0.15) is 11.1 Å². The molecular formula is C13H20ClN3O3. The van der Waals surface area contributed by atoms with E-state index in [1.54, 1.807) is 6.20 Å². The Balaban J connectivity index is 2.04. The molecule has 1 N–H and O–H groups in total. The molecule has 1 aliphatic rings. The third kappa shape index (κ3) is 3.31. The van der Waals surface area contributed by atoms with Gasteiger partial charge in [-0.25, -0.2) is 4.68 Å². The van der Waals surface area contributed by atoms with E-state index in [1.807, 2.05) is 27.7 Å². The van der Waals surface area contributed by atoms with Gasteiger partial charge in [0.25, 0.3) is 5.56 Å². The van der Waals surface area contributed by atoms with E-state index < -0.39 is 5.79 Å². The van der Waals surface area contributed by atoms with E-state index in [0.717, 1.165) is 0 Å². The molecule has 1 aromatic rings. The highest BCUT2D eigenvalue weighted by Crippen LogP contribution is 2.23. The van der Waals surface area contributed by atoms with Gasteiger partial charge in [0, 0.05) is 6.54 Å². The molecule has 0 spiro atoms. The molecule has 1 aliphatic heterocycles. The van der Waals surface area contributed by atoms with Crippen LogP contribution >= 0.6 is 11.6 Å². The standard InChI is InChI=1S/C13H20ClN3O3/c1-8(2)17-12(18)11(14)10(6-16-17)15-5-9-7-19-13(3,4)20-9/h6,8-9,15H,5,7H2,1-4H3. The van der Waals surface area contributed by atoms with Crippen LogP contribution in [-0.4, -0.2) is 34.8 Å². The Morgan fingerprint density at radius 3 is 2.85 bits per heavy atom. The molecule has 7 heteroatoms. The van der Waals surface area contributed by atoms with Gasteiger partial charge >= 0.3 is 0 Å². The first-order valence-corrected chi connectivity index (χ1v) is 7.01.